The summed E-state index contributed by atoms with van der Waals surface area (Å²) in [6, 6.07) is 83.8. The number of imidazole rings is 2. The number of benzene rings is 10. The van der Waals surface area contributed by atoms with E-state index >= 15 is 0 Å². The lowest BCUT2D eigenvalue weighted by Crippen LogP contribution is -2.13. The monoisotopic (exact) mass is 1040 g/mol. The molecule has 0 fully saturated rings. The largest absolute Gasteiger partial charge is 0.278 e. The van der Waals surface area contributed by atoms with Crippen molar-refractivity contribution in [3.8, 4) is 45.9 Å². The molecule has 8 aromatic heterocycles. The summed E-state index contributed by atoms with van der Waals surface area (Å²) in [4.78, 5) is 27.7. The first-order valence-corrected chi connectivity index (χ1v) is 27.6. The molecule has 11 heteroatoms. The van der Waals surface area contributed by atoms with Crippen molar-refractivity contribution >= 4 is 125 Å². The number of para-hydroxylation sites is 8. The van der Waals surface area contributed by atoms with Crippen LogP contribution in [0.1, 0.15) is 0 Å². The molecule has 0 aliphatic carbocycles. The van der Waals surface area contributed by atoms with Gasteiger partial charge in [0, 0.05) is 65.1 Å². The SMILES string of the molecule is c1ccc(-c2nccc3c2sc2ccccc23)c(-c2ccccc2-n2c3ccccc3n3c4ccc5c6ccccc6n(-c6nc(-n7c8ccccc8c8ccccc87)nc(-n7c8ccccc8c8ccccc87)n6)c5c4nc23)c1. The first-order chi connectivity index (χ1) is 39.7. The molecule has 0 bridgehead atoms. The summed E-state index contributed by atoms with van der Waals surface area (Å²) in [5.74, 6) is 2.27. The van der Waals surface area contributed by atoms with Crippen LogP contribution in [0.2, 0.25) is 0 Å². The molecule has 0 aliphatic heterocycles. The number of fused-ring (bicyclic) bond motifs is 18. The van der Waals surface area contributed by atoms with E-state index in [-0.39, 0.29) is 0 Å². The summed E-state index contributed by atoms with van der Waals surface area (Å²) < 4.78 is 13.7. The number of aromatic nitrogens is 10. The Morgan fingerprint density at radius 3 is 1.38 bits per heavy atom. The first kappa shape index (κ1) is 43.4. The van der Waals surface area contributed by atoms with Crippen molar-refractivity contribution in [2.45, 2.75) is 0 Å². The van der Waals surface area contributed by atoms with Gasteiger partial charge in [0.2, 0.25) is 23.6 Å². The third-order valence-corrected chi connectivity index (χ3v) is 17.5. The minimum Gasteiger partial charge on any atom is -0.278 e. The van der Waals surface area contributed by atoms with Crippen molar-refractivity contribution in [1.29, 1.82) is 0 Å². The Balaban J connectivity index is 0.926. The smallest absolute Gasteiger partial charge is 0.241 e. The van der Waals surface area contributed by atoms with Crippen LogP contribution >= 0.6 is 11.3 Å². The van der Waals surface area contributed by atoms with Crippen LogP contribution in [0.15, 0.2) is 243 Å². The maximum atomic E-state index is 5.84. The van der Waals surface area contributed by atoms with E-state index in [1.54, 1.807) is 11.3 Å². The molecule has 10 aromatic carbocycles. The molecule has 372 valence electrons. The standard InChI is InChI=1S/C69H40N10S/c1-2-27-49(62-65-51(39-40-70-62)48-26-9-18-36-61(48)80-65)41(19-1)42-20-3-14-32-56(42)77-58-34-16-17-35-59(58)78-60-38-37-50-47-25-8-15-33-57(47)79(64(50)63(60)71-69(77)78)68-73-66(75-52-28-10-4-21-43(52)44-22-5-11-29-53(44)75)72-67(74-68)76-54-30-12-6-23-45(54)46-24-7-13-31-55(46)76/h1-40H. The van der Waals surface area contributed by atoms with Gasteiger partial charge in [-0.3, -0.25) is 27.7 Å². The molecule has 0 N–H and O–H groups in total. The first-order valence-electron chi connectivity index (χ1n) is 26.8. The molecule has 0 saturated carbocycles. The van der Waals surface area contributed by atoms with Crippen molar-refractivity contribution in [2.75, 3.05) is 0 Å². The fourth-order valence-corrected chi connectivity index (χ4v) is 14.1. The predicted molar refractivity (Wildman–Crippen MR) is 327 cm³/mol. The number of thiophene rings is 1. The zero-order valence-corrected chi connectivity index (χ0v) is 43.3. The Labute approximate surface area is 458 Å². The minimum absolute atomic E-state index is 0.474. The Morgan fingerprint density at radius 2 is 0.762 bits per heavy atom. The van der Waals surface area contributed by atoms with Gasteiger partial charge >= 0.3 is 0 Å². The number of nitrogens with zero attached hydrogens (tertiary/aromatic N) is 10. The molecule has 0 unspecified atom stereocenters. The van der Waals surface area contributed by atoms with Gasteiger partial charge in [-0.05, 0) is 78.4 Å². The van der Waals surface area contributed by atoms with Gasteiger partial charge in [0.15, 0.2) is 0 Å². The zero-order chi connectivity index (χ0) is 52.2. The Bertz CT molecular complexity index is 5410. The molecule has 0 atom stereocenters. The van der Waals surface area contributed by atoms with Crippen LogP contribution in [0.3, 0.4) is 0 Å². The second kappa shape index (κ2) is 16.4. The third kappa shape index (κ3) is 5.92. The number of hydrogen-bond acceptors (Lipinski definition) is 6. The van der Waals surface area contributed by atoms with Gasteiger partial charge in [0.1, 0.15) is 5.52 Å². The second-order valence-corrected chi connectivity index (χ2v) is 21.5. The third-order valence-electron chi connectivity index (χ3n) is 16.3. The quantitative estimate of drug-likeness (QED) is 0.166. The van der Waals surface area contributed by atoms with E-state index in [9.17, 15) is 0 Å². The van der Waals surface area contributed by atoms with E-state index in [0.717, 1.165) is 121 Å². The molecule has 0 spiro atoms. The van der Waals surface area contributed by atoms with E-state index in [4.69, 9.17) is 24.9 Å². The molecule has 80 heavy (non-hydrogen) atoms. The maximum absolute atomic E-state index is 5.84. The van der Waals surface area contributed by atoms with Gasteiger partial charge in [-0.15, -0.1) is 11.3 Å². The summed E-state index contributed by atoms with van der Waals surface area (Å²) in [5.41, 5.74) is 14.9. The Kier molecular flexibility index (Phi) is 8.88. The van der Waals surface area contributed by atoms with Crippen LogP contribution in [-0.2, 0) is 0 Å². The fraction of sp³-hybridized carbons (Fsp3) is 0. The summed E-state index contributed by atoms with van der Waals surface area (Å²) >= 11 is 1.80. The topological polar surface area (TPSA) is 88.6 Å². The van der Waals surface area contributed by atoms with Crippen molar-refractivity contribution in [2.24, 2.45) is 0 Å². The van der Waals surface area contributed by atoms with Gasteiger partial charge in [0.25, 0.3) is 0 Å². The molecule has 0 radical (unpaired) electrons. The van der Waals surface area contributed by atoms with E-state index in [0.29, 0.717) is 17.8 Å². The van der Waals surface area contributed by atoms with Crippen LogP contribution in [0.5, 0.6) is 0 Å². The Hall–Kier alpha value is -10.8. The molecule has 18 rings (SSSR count). The van der Waals surface area contributed by atoms with E-state index in [1.807, 2.05) is 6.20 Å². The average molecular weight is 1040 g/mol. The Morgan fingerprint density at radius 1 is 0.300 bits per heavy atom. The lowest BCUT2D eigenvalue weighted by molar-refractivity contribution is 0.848. The molecule has 0 aliphatic rings. The zero-order valence-electron chi connectivity index (χ0n) is 42.5. The molecular formula is C69H40N10S. The van der Waals surface area contributed by atoms with Gasteiger partial charge in [0.05, 0.1) is 65.7 Å². The highest BCUT2D eigenvalue weighted by molar-refractivity contribution is 7.26. The van der Waals surface area contributed by atoms with Gasteiger partial charge in [-0.1, -0.05) is 164 Å². The minimum atomic E-state index is 0.474. The lowest BCUT2D eigenvalue weighted by Gasteiger charge is -2.16. The second-order valence-electron chi connectivity index (χ2n) is 20.4. The van der Waals surface area contributed by atoms with Crippen LogP contribution in [-0.4, -0.2) is 47.6 Å². The highest BCUT2D eigenvalue weighted by atomic mass is 32.1. The lowest BCUT2D eigenvalue weighted by atomic mass is 9.95. The van der Waals surface area contributed by atoms with E-state index in [1.165, 1.54) is 20.2 Å². The normalized spacial score (nSPS) is 12.2. The molecule has 10 nitrogen and oxygen atoms in total. The molecule has 18 aromatic rings. The van der Waals surface area contributed by atoms with Crippen LogP contribution < -0.4 is 0 Å². The van der Waals surface area contributed by atoms with Crippen molar-refractivity contribution < 1.29 is 0 Å². The van der Waals surface area contributed by atoms with Crippen LogP contribution in [0.25, 0.3) is 159 Å². The summed E-state index contributed by atoms with van der Waals surface area (Å²) in [6.45, 7) is 0. The van der Waals surface area contributed by atoms with Gasteiger partial charge in [-0.2, -0.15) is 15.0 Å². The highest BCUT2D eigenvalue weighted by Crippen LogP contribution is 2.45. The van der Waals surface area contributed by atoms with E-state index in [2.05, 4.69) is 259 Å². The maximum Gasteiger partial charge on any atom is 0.241 e. The fourth-order valence-electron chi connectivity index (χ4n) is 12.9. The van der Waals surface area contributed by atoms with Crippen molar-refractivity contribution in [3.05, 3.63) is 243 Å². The highest BCUT2D eigenvalue weighted by Gasteiger charge is 2.27. The van der Waals surface area contributed by atoms with Gasteiger partial charge in [-0.25, -0.2) is 4.98 Å². The molecule has 0 amide bonds. The number of hydrogen-bond donors (Lipinski definition) is 0. The van der Waals surface area contributed by atoms with Crippen molar-refractivity contribution in [3.63, 3.8) is 0 Å². The number of pyridine rings is 1. The average Bonchev–Trinajstić information content (AvgIpc) is 4.45. The summed E-state index contributed by atoms with van der Waals surface area (Å²) in [6.07, 6.45) is 1.95. The molecule has 0 saturated heterocycles. The van der Waals surface area contributed by atoms with Crippen LogP contribution in [0, 0.1) is 0 Å². The van der Waals surface area contributed by atoms with Crippen molar-refractivity contribution in [1.82, 2.24) is 47.6 Å². The van der Waals surface area contributed by atoms with E-state index < -0.39 is 0 Å². The number of rotatable bonds is 6. The summed E-state index contributed by atoms with van der Waals surface area (Å²) in [5, 5.41) is 9.05. The van der Waals surface area contributed by atoms with Gasteiger partial charge < -0.3 is 0 Å². The summed E-state index contributed by atoms with van der Waals surface area (Å²) in [7, 11) is 0. The van der Waals surface area contributed by atoms with Crippen LogP contribution in [0.4, 0.5) is 0 Å². The molecule has 8 heterocycles. The predicted octanol–water partition coefficient (Wildman–Crippen LogP) is 17.0. The molecular weight excluding hydrogens is 1000 g/mol.